The molecule has 0 heterocycles. The fourth-order valence-electron chi connectivity index (χ4n) is 4.17. The average molecular weight is 399 g/mol. The van der Waals surface area contributed by atoms with Crippen molar-refractivity contribution in [2.75, 3.05) is 14.2 Å². The summed E-state index contributed by atoms with van der Waals surface area (Å²) in [4.78, 5) is 25.6. The lowest BCUT2D eigenvalue weighted by atomic mass is 9.60. The fraction of sp³-hybridized carbons (Fsp3) is 0.917. The smallest absolute Gasteiger partial charge is 0.312 e. The zero-order chi connectivity index (χ0) is 21.5. The van der Waals surface area contributed by atoms with Crippen LogP contribution >= 0.6 is 0 Å². The molecule has 166 valence electrons. The SMILES string of the molecule is CCCCCCCCC(C)(C(=O)OC)C(C)(CCCCCCCC)C(=O)OC. The number of ether oxygens (including phenoxy) is 2. The molecular weight excluding hydrogens is 352 g/mol. The van der Waals surface area contributed by atoms with Crippen molar-refractivity contribution in [2.45, 2.75) is 118 Å². The molecule has 0 aliphatic heterocycles. The van der Waals surface area contributed by atoms with E-state index in [2.05, 4.69) is 13.8 Å². The van der Waals surface area contributed by atoms with Crippen molar-refractivity contribution in [1.29, 1.82) is 0 Å². The molecule has 2 unspecified atom stereocenters. The Morgan fingerprint density at radius 2 is 0.857 bits per heavy atom. The van der Waals surface area contributed by atoms with Gasteiger partial charge in [-0.15, -0.1) is 0 Å². The minimum Gasteiger partial charge on any atom is -0.469 e. The Labute approximate surface area is 174 Å². The van der Waals surface area contributed by atoms with Crippen molar-refractivity contribution in [3.05, 3.63) is 0 Å². The molecule has 0 fully saturated rings. The van der Waals surface area contributed by atoms with Crippen LogP contribution in [0.3, 0.4) is 0 Å². The van der Waals surface area contributed by atoms with Crippen LogP contribution < -0.4 is 0 Å². The van der Waals surface area contributed by atoms with Crippen LogP contribution in [0.15, 0.2) is 0 Å². The van der Waals surface area contributed by atoms with Gasteiger partial charge in [-0.1, -0.05) is 90.9 Å². The number of hydrogen-bond acceptors (Lipinski definition) is 4. The summed E-state index contributed by atoms with van der Waals surface area (Å²) in [6.07, 6.45) is 15.1. The van der Waals surface area contributed by atoms with E-state index < -0.39 is 10.8 Å². The maximum Gasteiger partial charge on any atom is 0.312 e. The first-order chi connectivity index (χ1) is 13.3. The lowest BCUT2D eigenvalue weighted by Gasteiger charge is -2.42. The Morgan fingerprint density at radius 3 is 1.14 bits per heavy atom. The largest absolute Gasteiger partial charge is 0.469 e. The maximum absolute atomic E-state index is 12.8. The molecule has 0 rings (SSSR count). The summed E-state index contributed by atoms with van der Waals surface area (Å²) >= 11 is 0. The molecule has 0 aliphatic rings. The summed E-state index contributed by atoms with van der Waals surface area (Å²) in [6.45, 7) is 8.22. The molecule has 0 aliphatic carbocycles. The van der Waals surface area contributed by atoms with Crippen molar-refractivity contribution in [3.8, 4) is 0 Å². The monoisotopic (exact) mass is 398 g/mol. The van der Waals surface area contributed by atoms with Gasteiger partial charge in [-0.3, -0.25) is 9.59 Å². The Morgan fingerprint density at radius 1 is 0.571 bits per heavy atom. The van der Waals surface area contributed by atoms with Crippen molar-refractivity contribution in [2.24, 2.45) is 10.8 Å². The van der Waals surface area contributed by atoms with Crippen molar-refractivity contribution in [3.63, 3.8) is 0 Å². The van der Waals surface area contributed by atoms with Gasteiger partial charge >= 0.3 is 11.9 Å². The fourth-order valence-corrected chi connectivity index (χ4v) is 4.17. The van der Waals surface area contributed by atoms with Gasteiger partial charge in [-0.25, -0.2) is 0 Å². The molecule has 2 atom stereocenters. The molecule has 0 amide bonds. The third kappa shape index (κ3) is 8.13. The highest BCUT2D eigenvalue weighted by molar-refractivity contribution is 5.87. The summed E-state index contributed by atoms with van der Waals surface area (Å²) in [5.74, 6) is -0.583. The van der Waals surface area contributed by atoms with Gasteiger partial charge in [0.2, 0.25) is 0 Å². The molecule has 0 aromatic heterocycles. The predicted molar refractivity (Wildman–Crippen MR) is 116 cm³/mol. The van der Waals surface area contributed by atoms with E-state index in [1.807, 2.05) is 13.8 Å². The molecule has 0 N–H and O–H groups in total. The van der Waals surface area contributed by atoms with E-state index in [0.29, 0.717) is 12.8 Å². The van der Waals surface area contributed by atoms with Crippen LogP contribution in [0.5, 0.6) is 0 Å². The van der Waals surface area contributed by atoms with E-state index in [-0.39, 0.29) is 11.9 Å². The lowest BCUT2D eigenvalue weighted by Crippen LogP contribution is -2.50. The van der Waals surface area contributed by atoms with Crippen molar-refractivity contribution in [1.82, 2.24) is 0 Å². The summed E-state index contributed by atoms with van der Waals surface area (Å²) in [5, 5.41) is 0. The molecule has 0 spiro atoms. The van der Waals surface area contributed by atoms with Gasteiger partial charge in [0.25, 0.3) is 0 Å². The first-order valence-corrected chi connectivity index (χ1v) is 11.5. The minimum atomic E-state index is -0.858. The number of carbonyl (C=O) groups is 2. The Kier molecular flexibility index (Phi) is 14.3. The summed E-state index contributed by atoms with van der Waals surface area (Å²) in [6, 6.07) is 0. The van der Waals surface area contributed by atoms with E-state index in [9.17, 15) is 9.59 Å². The summed E-state index contributed by atoms with van der Waals surface area (Å²) in [5.41, 5.74) is -1.72. The van der Waals surface area contributed by atoms with Gasteiger partial charge in [-0.2, -0.15) is 0 Å². The van der Waals surface area contributed by atoms with Crippen molar-refractivity contribution >= 4 is 11.9 Å². The number of hydrogen-bond donors (Lipinski definition) is 0. The van der Waals surface area contributed by atoms with Crippen LogP contribution in [0, 0.1) is 10.8 Å². The quantitative estimate of drug-likeness (QED) is 0.199. The van der Waals surface area contributed by atoms with Crippen LogP contribution in [-0.2, 0) is 19.1 Å². The van der Waals surface area contributed by atoms with Gasteiger partial charge in [0, 0.05) is 0 Å². The number of methoxy groups -OCH3 is 2. The highest BCUT2D eigenvalue weighted by Gasteiger charge is 2.55. The zero-order valence-electron chi connectivity index (χ0n) is 19.5. The summed E-state index contributed by atoms with van der Waals surface area (Å²) in [7, 11) is 2.84. The first-order valence-electron chi connectivity index (χ1n) is 11.5. The van der Waals surface area contributed by atoms with Gasteiger partial charge in [0.05, 0.1) is 25.0 Å². The normalized spacial score (nSPS) is 15.5. The van der Waals surface area contributed by atoms with Crippen LogP contribution in [0.1, 0.15) is 118 Å². The maximum atomic E-state index is 12.8. The molecule has 0 saturated carbocycles. The van der Waals surface area contributed by atoms with Crippen LogP contribution in [-0.4, -0.2) is 26.2 Å². The van der Waals surface area contributed by atoms with Crippen LogP contribution in [0.25, 0.3) is 0 Å². The molecule has 0 bridgehead atoms. The van der Waals surface area contributed by atoms with E-state index in [1.54, 1.807) is 0 Å². The molecule has 0 aromatic rings. The predicted octanol–water partition coefficient (Wildman–Crippen LogP) is 6.85. The second-order valence-electron chi connectivity index (χ2n) is 8.68. The van der Waals surface area contributed by atoms with Gasteiger partial charge in [-0.05, 0) is 26.7 Å². The Balaban J connectivity index is 5.12. The van der Waals surface area contributed by atoms with E-state index in [1.165, 1.54) is 65.6 Å². The van der Waals surface area contributed by atoms with Crippen LogP contribution in [0.4, 0.5) is 0 Å². The zero-order valence-corrected chi connectivity index (χ0v) is 19.5. The topological polar surface area (TPSA) is 52.6 Å². The highest BCUT2D eigenvalue weighted by Crippen LogP contribution is 2.48. The standard InChI is InChI=1S/C24H46O4/c1-7-9-11-13-15-17-19-23(3,21(25)27-5)24(4,22(26)28-6)20-18-16-14-12-10-8-2/h7-20H2,1-6H3. The molecular formula is C24H46O4. The molecule has 0 saturated heterocycles. The molecule has 28 heavy (non-hydrogen) atoms. The molecule has 4 nitrogen and oxygen atoms in total. The highest BCUT2D eigenvalue weighted by atomic mass is 16.5. The number of rotatable bonds is 17. The second kappa shape index (κ2) is 14.9. The first kappa shape index (κ1) is 26.9. The minimum absolute atomic E-state index is 0.292. The Hall–Kier alpha value is -1.06. The Bertz CT molecular complexity index is 394. The van der Waals surface area contributed by atoms with Gasteiger partial charge in [0.15, 0.2) is 0 Å². The molecule has 4 heteroatoms. The van der Waals surface area contributed by atoms with Gasteiger partial charge < -0.3 is 9.47 Å². The third-order valence-corrected chi connectivity index (χ3v) is 6.55. The molecule has 0 aromatic carbocycles. The number of esters is 2. The number of carbonyl (C=O) groups excluding carboxylic acids is 2. The average Bonchev–Trinajstić information content (AvgIpc) is 2.71. The van der Waals surface area contributed by atoms with E-state index >= 15 is 0 Å². The van der Waals surface area contributed by atoms with E-state index in [4.69, 9.17) is 9.47 Å². The third-order valence-electron chi connectivity index (χ3n) is 6.55. The second-order valence-corrected chi connectivity index (χ2v) is 8.68. The van der Waals surface area contributed by atoms with Crippen molar-refractivity contribution < 1.29 is 19.1 Å². The number of unbranched alkanes of at least 4 members (excludes halogenated alkanes) is 10. The lowest BCUT2D eigenvalue weighted by molar-refractivity contribution is -0.177. The van der Waals surface area contributed by atoms with Crippen LogP contribution in [0.2, 0.25) is 0 Å². The van der Waals surface area contributed by atoms with Gasteiger partial charge in [0.1, 0.15) is 0 Å². The summed E-state index contributed by atoms with van der Waals surface area (Å²) < 4.78 is 10.3. The molecule has 0 radical (unpaired) electrons. The van der Waals surface area contributed by atoms with E-state index in [0.717, 1.165) is 25.7 Å².